The number of aromatic nitrogens is 2. The molecular formula is C26H24N2O7. The maximum atomic E-state index is 12.4. The lowest BCUT2D eigenvalue weighted by atomic mass is 9.98. The predicted octanol–water partition coefficient (Wildman–Crippen LogP) is 2.91. The first kappa shape index (κ1) is 22.8. The summed E-state index contributed by atoms with van der Waals surface area (Å²) < 4.78 is 17.8. The third kappa shape index (κ3) is 4.30. The van der Waals surface area contributed by atoms with Crippen LogP contribution in [0.15, 0.2) is 64.3 Å². The summed E-state index contributed by atoms with van der Waals surface area (Å²) in [7, 11) is 0. The first-order chi connectivity index (χ1) is 17.0. The van der Waals surface area contributed by atoms with Gasteiger partial charge in [-0.3, -0.25) is 14.3 Å². The Morgan fingerprint density at radius 1 is 1.06 bits per heavy atom. The lowest BCUT2D eigenvalue weighted by Crippen LogP contribution is -2.33. The summed E-state index contributed by atoms with van der Waals surface area (Å²) in [5, 5.41) is 0. The zero-order valence-corrected chi connectivity index (χ0v) is 19.0. The summed E-state index contributed by atoms with van der Waals surface area (Å²) in [4.78, 5) is 50.0. The van der Waals surface area contributed by atoms with E-state index in [4.69, 9.17) is 14.2 Å². The van der Waals surface area contributed by atoms with Crippen LogP contribution in [0.25, 0.3) is 11.1 Å². The van der Waals surface area contributed by atoms with Crippen molar-refractivity contribution in [2.45, 2.75) is 31.6 Å². The van der Waals surface area contributed by atoms with Gasteiger partial charge in [-0.1, -0.05) is 48.5 Å². The second-order valence-electron chi connectivity index (χ2n) is 8.74. The summed E-state index contributed by atoms with van der Waals surface area (Å²) in [5.74, 6) is -0.680. The van der Waals surface area contributed by atoms with Crippen LogP contribution >= 0.6 is 0 Å². The van der Waals surface area contributed by atoms with E-state index in [1.807, 2.05) is 36.4 Å². The Morgan fingerprint density at radius 2 is 1.69 bits per heavy atom. The van der Waals surface area contributed by atoms with E-state index in [2.05, 4.69) is 17.1 Å². The van der Waals surface area contributed by atoms with Crippen molar-refractivity contribution in [3.8, 4) is 11.1 Å². The summed E-state index contributed by atoms with van der Waals surface area (Å²) >= 11 is 0. The van der Waals surface area contributed by atoms with Gasteiger partial charge in [-0.25, -0.2) is 9.59 Å². The Morgan fingerprint density at radius 3 is 2.34 bits per heavy atom. The van der Waals surface area contributed by atoms with Crippen LogP contribution in [-0.4, -0.2) is 41.3 Å². The smallest absolute Gasteiger partial charge is 0.433 e. The molecule has 2 aromatic carbocycles. The number of aromatic amines is 1. The molecule has 0 amide bonds. The van der Waals surface area contributed by atoms with E-state index >= 15 is 0 Å². The first-order valence-electron chi connectivity index (χ1n) is 11.4. The van der Waals surface area contributed by atoms with E-state index in [1.54, 1.807) is 6.92 Å². The molecule has 0 spiro atoms. The van der Waals surface area contributed by atoms with Crippen molar-refractivity contribution < 1.29 is 23.8 Å². The Balaban J connectivity index is 1.21. The van der Waals surface area contributed by atoms with Crippen LogP contribution in [0.5, 0.6) is 0 Å². The molecule has 0 unspecified atom stereocenters. The van der Waals surface area contributed by atoms with Crippen LogP contribution in [0.1, 0.15) is 35.3 Å². The van der Waals surface area contributed by atoms with E-state index in [9.17, 15) is 19.2 Å². The maximum Gasteiger partial charge on any atom is 0.508 e. The minimum Gasteiger partial charge on any atom is -0.433 e. The number of rotatable bonds is 6. The second-order valence-corrected chi connectivity index (χ2v) is 8.74. The fraction of sp³-hybridized carbons (Fsp3) is 0.308. The SMILES string of the molecule is Cc1cn([C@H]2C[C@H](C=O)[C@@H](COC(=O)OCC3c4ccccc4-c4ccccc43)O2)c(=O)[nH]c1=O. The van der Waals surface area contributed by atoms with Gasteiger partial charge in [0.05, 0.1) is 0 Å². The quantitative estimate of drug-likeness (QED) is 0.429. The molecule has 9 heteroatoms. The minimum atomic E-state index is -0.861. The van der Waals surface area contributed by atoms with Crippen molar-refractivity contribution in [1.82, 2.24) is 9.55 Å². The molecule has 9 nitrogen and oxygen atoms in total. The van der Waals surface area contributed by atoms with Crippen LogP contribution in [0.2, 0.25) is 0 Å². The lowest BCUT2D eigenvalue weighted by Gasteiger charge is -2.17. The fourth-order valence-electron chi connectivity index (χ4n) is 4.81. The molecule has 35 heavy (non-hydrogen) atoms. The highest BCUT2D eigenvalue weighted by atomic mass is 16.7. The Bertz CT molecular complexity index is 1350. The van der Waals surface area contributed by atoms with Crippen LogP contribution in [0.3, 0.4) is 0 Å². The minimum absolute atomic E-state index is 0.0971. The van der Waals surface area contributed by atoms with Gasteiger partial charge in [-0.05, 0) is 29.2 Å². The van der Waals surface area contributed by atoms with E-state index < -0.39 is 35.7 Å². The van der Waals surface area contributed by atoms with Gasteiger partial charge in [0.15, 0.2) is 0 Å². The van der Waals surface area contributed by atoms with Crippen LogP contribution in [0, 0.1) is 12.8 Å². The average molecular weight is 476 g/mol. The molecule has 1 aliphatic carbocycles. The number of benzene rings is 2. The molecule has 3 atom stereocenters. The van der Waals surface area contributed by atoms with Crippen molar-refractivity contribution in [3.63, 3.8) is 0 Å². The number of hydrogen-bond acceptors (Lipinski definition) is 7. The fourth-order valence-corrected chi connectivity index (χ4v) is 4.81. The highest BCUT2D eigenvalue weighted by Gasteiger charge is 2.38. The van der Waals surface area contributed by atoms with E-state index in [-0.39, 0.29) is 25.6 Å². The van der Waals surface area contributed by atoms with Gasteiger partial charge in [-0.2, -0.15) is 0 Å². The van der Waals surface area contributed by atoms with Gasteiger partial charge in [0.25, 0.3) is 5.56 Å². The molecular weight excluding hydrogens is 452 g/mol. The number of H-pyrrole nitrogens is 1. The van der Waals surface area contributed by atoms with Crippen molar-refractivity contribution in [2.75, 3.05) is 13.2 Å². The third-order valence-corrected chi connectivity index (χ3v) is 6.61. The summed E-state index contributed by atoms with van der Waals surface area (Å²) in [6, 6.07) is 16.0. The highest BCUT2D eigenvalue weighted by molar-refractivity contribution is 5.79. The van der Waals surface area contributed by atoms with E-state index in [1.165, 1.54) is 10.8 Å². The number of ether oxygens (including phenoxy) is 3. The van der Waals surface area contributed by atoms with Crippen LogP contribution < -0.4 is 11.2 Å². The van der Waals surface area contributed by atoms with Gasteiger partial charge < -0.3 is 19.0 Å². The third-order valence-electron chi connectivity index (χ3n) is 6.61. The molecule has 1 fully saturated rings. The van der Waals surface area contributed by atoms with E-state index in [0.717, 1.165) is 28.5 Å². The van der Waals surface area contributed by atoms with Gasteiger partial charge in [-0.15, -0.1) is 0 Å². The van der Waals surface area contributed by atoms with Crippen molar-refractivity contribution in [2.24, 2.45) is 5.92 Å². The highest BCUT2D eigenvalue weighted by Crippen LogP contribution is 2.44. The topological polar surface area (TPSA) is 117 Å². The molecule has 2 aliphatic rings. The van der Waals surface area contributed by atoms with Crippen LogP contribution in [0.4, 0.5) is 4.79 Å². The van der Waals surface area contributed by atoms with Gasteiger partial charge in [0, 0.05) is 30.0 Å². The normalized spacial score (nSPS) is 20.8. The second kappa shape index (κ2) is 9.34. The Hall–Kier alpha value is -3.98. The number of nitrogens with zero attached hydrogens (tertiary/aromatic N) is 1. The molecule has 3 aromatic rings. The Kier molecular flexibility index (Phi) is 6.08. The summed E-state index contributed by atoms with van der Waals surface area (Å²) in [6.07, 6.45) is -0.0344. The number of carbonyl (C=O) groups is 2. The molecule has 2 heterocycles. The number of nitrogens with one attached hydrogen (secondary N) is 1. The van der Waals surface area contributed by atoms with E-state index in [0.29, 0.717) is 5.56 Å². The summed E-state index contributed by atoms with van der Waals surface area (Å²) in [6.45, 7) is 1.48. The zero-order valence-electron chi connectivity index (χ0n) is 19.0. The zero-order chi connectivity index (χ0) is 24.5. The molecule has 1 N–H and O–H groups in total. The van der Waals surface area contributed by atoms with Crippen molar-refractivity contribution in [1.29, 1.82) is 0 Å². The first-order valence-corrected chi connectivity index (χ1v) is 11.4. The molecule has 5 rings (SSSR count). The van der Waals surface area contributed by atoms with Crippen molar-refractivity contribution >= 4 is 12.4 Å². The molecule has 1 aliphatic heterocycles. The standard InChI is InChI=1S/C26H24N2O7/c1-15-11-28(25(31)27-24(15)30)23-10-16(12-29)22(35-23)14-34-26(32)33-13-21-19-8-4-2-6-17(19)18-7-3-5-9-20(18)21/h2-9,11-12,16,21-23H,10,13-14H2,1H3,(H,27,30,31)/t16-,22-,23-/m1/s1. The molecule has 0 radical (unpaired) electrons. The monoisotopic (exact) mass is 476 g/mol. The summed E-state index contributed by atoms with van der Waals surface area (Å²) in [5.41, 5.74) is 3.65. The lowest BCUT2D eigenvalue weighted by molar-refractivity contribution is -0.114. The van der Waals surface area contributed by atoms with Crippen LogP contribution in [-0.2, 0) is 19.0 Å². The maximum absolute atomic E-state index is 12.4. The van der Waals surface area contributed by atoms with Gasteiger partial charge >= 0.3 is 11.8 Å². The molecule has 0 bridgehead atoms. The largest absolute Gasteiger partial charge is 0.508 e. The molecule has 1 saturated heterocycles. The molecule has 180 valence electrons. The molecule has 0 saturated carbocycles. The number of aryl methyl sites for hydroxylation is 1. The molecule has 1 aromatic heterocycles. The van der Waals surface area contributed by atoms with Gasteiger partial charge in [0.1, 0.15) is 31.8 Å². The average Bonchev–Trinajstić information content (AvgIpc) is 3.42. The number of aldehydes is 1. The number of carbonyl (C=O) groups excluding carboxylic acids is 2. The number of hydrogen-bond donors (Lipinski definition) is 1. The Labute approximate surface area is 200 Å². The van der Waals surface area contributed by atoms with Crippen molar-refractivity contribution in [3.05, 3.63) is 92.3 Å². The predicted molar refractivity (Wildman–Crippen MR) is 125 cm³/mol. The van der Waals surface area contributed by atoms with Gasteiger partial charge in [0.2, 0.25) is 0 Å². The number of fused-ring (bicyclic) bond motifs is 3.